The summed E-state index contributed by atoms with van der Waals surface area (Å²) in [5, 5.41) is 6.54. The number of anilines is 6. The molecule has 10 nitrogen and oxygen atoms in total. The third kappa shape index (κ3) is 6.44. The number of para-hydroxylation sites is 2. The van der Waals surface area contributed by atoms with Gasteiger partial charge in [-0.05, 0) is 31.3 Å². The standard InChI is InChI=1S/C23H28ClN7O3S/c1-30-10-12-31(13-11-30)16-8-9-20(21(14-16)34-2)27-23-25-15-17(24)22(28-23)26-18-6-4-5-7-19(18)29-35(3,32)33/h4-9,14-15,29H,10-13H2,1-3H3,(H2,25,26,27,28). The van der Waals surface area contributed by atoms with E-state index in [-0.39, 0.29) is 5.02 Å². The van der Waals surface area contributed by atoms with Crippen molar-refractivity contribution >= 4 is 56.1 Å². The zero-order valence-electron chi connectivity index (χ0n) is 19.7. The van der Waals surface area contributed by atoms with Crippen LogP contribution in [-0.2, 0) is 10.0 Å². The van der Waals surface area contributed by atoms with Gasteiger partial charge in [-0.3, -0.25) is 4.72 Å². The fourth-order valence-electron chi connectivity index (χ4n) is 3.69. The van der Waals surface area contributed by atoms with E-state index in [0.717, 1.165) is 38.1 Å². The Morgan fingerprint density at radius 3 is 2.40 bits per heavy atom. The Kier molecular flexibility index (Phi) is 7.48. The van der Waals surface area contributed by atoms with Crippen LogP contribution >= 0.6 is 11.6 Å². The second-order valence-corrected chi connectivity index (χ2v) is 10.4. The summed E-state index contributed by atoms with van der Waals surface area (Å²) in [5.74, 6) is 1.29. The van der Waals surface area contributed by atoms with Gasteiger partial charge in [-0.1, -0.05) is 23.7 Å². The number of methoxy groups -OCH3 is 1. The van der Waals surface area contributed by atoms with Gasteiger partial charge in [-0.25, -0.2) is 13.4 Å². The van der Waals surface area contributed by atoms with E-state index in [1.807, 2.05) is 18.2 Å². The first-order chi connectivity index (χ1) is 16.7. The Morgan fingerprint density at radius 1 is 1.00 bits per heavy atom. The van der Waals surface area contributed by atoms with Crippen LogP contribution in [0.15, 0.2) is 48.7 Å². The first kappa shape index (κ1) is 24.8. The molecule has 186 valence electrons. The third-order valence-electron chi connectivity index (χ3n) is 5.52. The van der Waals surface area contributed by atoms with E-state index in [1.54, 1.807) is 31.4 Å². The highest BCUT2D eigenvalue weighted by Gasteiger charge is 2.17. The average molecular weight is 518 g/mol. The third-order valence-corrected chi connectivity index (χ3v) is 6.39. The number of hydrogen-bond acceptors (Lipinski definition) is 9. The summed E-state index contributed by atoms with van der Waals surface area (Å²) in [6, 6.07) is 12.8. The van der Waals surface area contributed by atoms with Crippen LogP contribution in [-0.4, -0.2) is 69.9 Å². The first-order valence-corrected chi connectivity index (χ1v) is 13.2. The number of ether oxygens (including phenoxy) is 1. The lowest BCUT2D eigenvalue weighted by atomic mass is 10.2. The molecule has 0 aliphatic carbocycles. The predicted molar refractivity (Wildman–Crippen MR) is 141 cm³/mol. The number of rotatable bonds is 8. The smallest absolute Gasteiger partial charge is 0.229 e. The maximum atomic E-state index is 11.7. The molecule has 4 rings (SSSR count). The fourth-order valence-corrected chi connectivity index (χ4v) is 4.40. The Hall–Kier alpha value is -3.28. The maximum Gasteiger partial charge on any atom is 0.229 e. The van der Waals surface area contributed by atoms with E-state index in [2.05, 4.69) is 42.2 Å². The van der Waals surface area contributed by atoms with Gasteiger partial charge in [0.2, 0.25) is 16.0 Å². The van der Waals surface area contributed by atoms with Crippen LogP contribution in [0.3, 0.4) is 0 Å². The van der Waals surface area contributed by atoms with Crippen molar-refractivity contribution in [1.82, 2.24) is 14.9 Å². The molecule has 2 aromatic carbocycles. The van der Waals surface area contributed by atoms with Crippen LogP contribution in [0.1, 0.15) is 0 Å². The first-order valence-electron chi connectivity index (χ1n) is 11.0. The van der Waals surface area contributed by atoms with Crippen LogP contribution in [0.5, 0.6) is 5.75 Å². The van der Waals surface area contributed by atoms with Crippen molar-refractivity contribution in [3.8, 4) is 5.75 Å². The van der Waals surface area contributed by atoms with Crippen molar-refractivity contribution in [3.63, 3.8) is 0 Å². The number of hydrogen-bond donors (Lipinski definition) is 3. The van der Waals surface area contributed by atoms with Crippen molar-refractivity contribution < 1.29 is 13.2 Å². The topological polar surface area (TPSA) is 112 Å². The Bertz CT molecular complexity index is 1300. The zero-order valence-corrected chi connectivity index (χ0v) is 21.3. The van der Waals surface area contributed by atoms with Gasteiger partial charge in [0.15, 0.2) is 5.82 Å². The molecular formula is C23H28ClN7O3S. The van der Waals surface area contributed by atoms with E-state index in [0.29, 0.717) is 34.6 Å². The molecular weight excluding hydrogens is 490 g/mol. The summed E-state index contributed by atoms with van der Waals surface area (Å²) in [5.41, 5.74) is 2.67. The quantitative estimate of drug-likeness (QED) is 0.411. The Morgan fingerprint density at radius 2 is 1.71 bits per heavy atom. The zero-order chi connectivity index (χ0) is 25.0. The van der Waals surface area contributed by atoms with E-state index in [1.165, 1.54) is 6.20 Å². The number of benzene rings is 2. The van der Waals surface area contributed by atoms with Crippen LogP contribution in [0.25, 0.3) is 0 Å². The molecule has 0 spiro atoms. The van der Waals surface area contributed by atoms with E-state index in [9.17, 15) is 8.42 Å². The average Bonchev–Trinajstić information content (AvgIpc) is 2.82. The van der Waals surface area contributed by atoms with Gasteiger partial charge in [-0.15, -0.1) is 0 Å². The van der Waals surface area contributed by atoms with Gasteiger partial charge in [0.05, 0.1) is 36.6 Å². The number of sulfonamides is 1. The predicted octanol–water partition coefficient (Wildman–Crippen LogP) is 3.75. The molecule has 0 unspecified atom stereocenters. The number of nitrogens with one attached hydrogen (secondary N) is 3. The van der Waals surface area contributed by atoms with Gasteiger partial charge in [-0.2, -0.15) is 4.98 Å². The molecule has 0 saturated carbocycles. The van der Waals surface area contributed by atoms with E-state index in [4.69, 9.17) is 16.3 Å². The normalized spacial score (nSPS) is 14.5. The van der Waals surface area contributed by atoms with Gasteiger partial charge >= 0.3 is 0 Å². The molecule has 1 aliphatic heterocycles. The molecule has 0 amide bonds. The summed E-state index contributed by atoms with van der Waals surface area (Å²) in [6.45, 7) is 3.94. The summed E-state index contributed by atoms with van der Waals surface area (Å²) >= 11 is 6.32. The van der Waals surface area contributed by atoms with Gasteiger partial charge in [0.25, 0.3) is 0 Å². The van der Waals surface area contributed by atoms with Crippen molar-refractivity contribution in [1.29, 1.82) is 0 Å². The molecule has 2 heterocycles. The van der Waals surface area contributed by atoms with E-state index < -0.39 is 10.0 Å². The molecule has 3 N–H and O–H groups in total. The molecule has 3 aromatic rings. The Balaban J connectivity index is 1.55. The van der Waals surface area contributed by atoms with Gasteiger partial charge in [0, 0.05) is 37.9 Å². The lowest BCUT2D eigenvalue weighted by Gasteiger charge is -2.34. The van der Waals surface area contributed by atoms with Crippen LogP contribution in [0, 0.1) is 0 Å². The molecule has 1 fully saturated rings. The van der Waals surface area contributed by atoms with Crippen molar-refractivity contribution in [2.45, 2.75) is 0 Å². The van der Waals surface area contributed by atoms with Gasteiger partial charge in [0.1, 0.15) is 10.8 Å². The lowest BCUT2D eigenvalue weighted by molar-refractivity contribution is 0.312. The fraction of sp³-hybridized carbons (Fsp3) is 0.304. The highest BCUT2D eigenvalue weighted by molar-refractivity contribution is 7.92. The van der Waals surface area contributed by atoms with Crippen molar-refractivity contribution in [2.75, 3.05) is 66.8 Å². The summed E-state index contributed by atoms with van der Waals surface area (Å²) in [4.78, 5) is 13.4. The van der Waals surface area contributed by atoms with Crippen LogP contribution < -0.4 is 25.0 Å². The molecule has 0 bridgehead atoms. The number of likely N-dealkylation sites (N-methyl/N-ethyl adjacent to an activating group) is 1. The molecule has 35 heavy (non-hydrogen) atoms. The highest BCUT2D eigenvalue weighted by atomic mass is 35.5. The second-order valence-electron chi connectivity index (χ2n) is 8.23. The number of aromatic nitrogens is 2. The second kappa shape index (κ2) is 10.5. The number of piperazine rings is 1. The molecule has 1 aromatic heterocycles. The summed E-state index contributed by atoms with van der Waals surface area (Å²) in [6.07, 6.45) is 2.56. The molecule has 12 heteroatoms. The minimum atomic E-state index is -3.46. The van der Waals surface area contributed by atoms with Gasteiger partial charge < -0.3 is 25.2 Å². The minimum Gasteiger partial charge on any atom is -0.494 e. The molecule has 1 saturated heterocycles. The molecule has 0 atom stereocenters. The maximum absolute atomic E-state index is 11.7. The van der Waals surface area contributed by atoms with E-state index >= 15 is 0 Å². The number of nitrogens with zero attached hydrogens (tertiary/aromatic N) is 4. The molecule has 1 aliphatic rings. The summed E-state index contributed by atoms with van der Waals surface area (Å²) in [7, 11) is 0.286. The largest absolute Gasteiger partial charge is 0.494 e. The van der Waals surface area contributed by atoms with Crippen LogP contribution in [0.4, 0.5) is 34.5 Å². The monoisotopic (exact) mass is 517 g/mol. The molecule has 0 radical (unpaired) electrons. The SMILES string of the molecule is COc1cc(N2CCN(C)CC2)ccc1Nc1ncc(Cl)c(Nc2ccccc2NS(C)(=O)=O)n1. The Labute approximate surface area is 210 Å². The minimum absolute atomic E-state index is 0.280. The van der Waals surface area contributed by atoms with Crippen molar-refractivity contribution in [3.05, 3.63) is 53.7 Å². The highest BCUT2D eigenvalue weighted by Crippen LogP contribution is 2.33. The van der Waals surface area contributed by atoms with Crippen molar-refractivity contribution in [2.24, 2.45) is 0 Å². The number of halogens is 1. The lowest BCUT2D eigenvalue weighted by Crippen LogP contribution is -2.44. The summed E-state index contributed by atoms with van der Waals surface area (Å²) < 4.78 is 31.5. The van der Waals surface area contributed by atoms with Crippen LogP contribution in [0.2, 0.25) is 5.02 Å².